The number of esters is 1. The fourth-order valence-corrected chi connectivity index (χ4v) is 3.49. The number of aliphatic hydroxyl groups is 1. The first kappa shape index (κ1) is 28.6. The van der Waals surface area contributed by atoms with E-state index in [0.717, 1.165) is 23.9 Å². The molecule has 0 aromatic carbocycles. The number of hydrogen-bond acceptors (Lipinski definition) is 3. The summed E-state index contributed by atoms with van der Waals surface area (Å²) in [6.07, 6.45) is 9.47. The number of quaternary nitrogens is 1. The predicted molar refractivity (Wildman–Crippen MR) is 117 cm³/mol. The fourth-order valence-electron chi connectivity index (χ4n) is 3.49. The van der Waals surface area contributed by atoms with Crippen molar-refractivity contribution in [2.75, 3.05) is 32.8 Å². The maximum absolute atomic E-state index is 10.9. The van der Waals surface area contributed by atoms with Crippen molar-refractivity contribution in [2.45, 2.75) is 106 Å². The Bertz CT molecular complexity index is 310. The number of carbonyl (C=O) groups excluding carboxylic acids is 1. The molecule has 0 aromatic rings. The van der Waals surface area contributed by atoms with E-state index in [1.54, 1.807) is 0 Å². The first-order valence-electron chi connectivity index (χ1n) is 11.5. The second kappa shape index (κ2) is 18.7. The third-order valence-electron chi connectivity index (χ3n) is 5.02. The molecular formula is C23H50NO3+. The molecule has 0 fully saturated rings. The molecule has 0 aliphatic rings. The molecule has 27 heavy (non-hydrogen) atoms. The van der Waals surface area contributed by atoms with Gasteiger partial charge in [0, 0.05) is 0 Å². The first-order valence-corrected chi connectivity index (χ1v) is 11.5. The summed E-state index contributed by atoms with van der Waals surface area (Å²) in [4.78, 5) is 10.9. The van der Waals surface area contributed by atoms with Crippen molar-refractivity contribution in [3.8, 4) is 0 Å². The summed E-state index contributed by atoms with van der Waals surface area (Å²) in [5, 5.41) is 9.77. The van der Waals surface area contributed by atoms with Gasteiger partial charge in [0.1, 0.15) is 12.6 Å². The van der Waals surface area contributed by atoms with Crippen molar-refractivity contribution < 1.29 is 19.1 Å². The molecule has 0 saturated heterocycles. The zero-order valence-corrected chi connectivity index (χ0v) is 19.6. The third-order valence-corrected chi connectivity index (χ3v) is 5.02. The van der Waals surface area contributed by atoms with E-state index in [1.807, 2.05) is 20.8 Å². The summed E-state index contributed by atoms with van der Waals surface area (Å²) in [6.45, 7) is 19.7. The van der Waals surface area contributed by atoms with E-state index in [4.69, 9.17) is 4.74 Å². The number of hydrogen-bond donors (Lipinski definition) is 1. The van der Waals surface area contributed by atoms with Gasteiger partial charge in [-0.3, -0.25) is 4.79 Å². The van der Waals surface area contributed by atoms with Crippen LogP contribution in [-0.4, -0.2) is 54.4 Å². The lowest BCUT2D eigenvalue weighted by Crippen LogP contribution is -2.53. The highest BCUT2D eigenvalue weighted by molar-refractivity contribution is 5.71. The van der Waals surface area contributed by atoms with E-state index < -0.39 is 0 Å². The van der Waals surface area contributed by atoms with Gasteiger partial charge < -0.3 is 14.3 Å². The molecule has 0 spiro atoms. The van der Waals surface area contributed by atoms with Gasteiger partial charge in [-0.05, 0) is 39.5 Å². The van der Waals surface area contributed by atoms with Crippen LogP contribution in [-0.2, 0) is 9.53 Å². The minimum Gasteiger partial charge on any atom is -0.466 e. The molecule has 0 bridgehead atoms. The van der Waals surface area contributed by atoms with Crippen molar-refractivity contribution >= 4 is 5.97 Å². The summed E-state index contributed by atoms with van der Waals surface area (Å²) in [7, 11) is 0. The Morgan fingerprint density at radius 1 is 0.852 bits per heavy atom. The monoisotopic (exact) mass is 388 g/mol. The van der Waals surface area contributed by atoms with Crippen molar-refractivity contribution in [3.05, 3.63) is 0 Å². The topological polar surface area (TPSA) is 46.5 Å². The molecule has 0 rings (SSSR count). The van der Waals surface area contributed by atoms with E-state index in [2.05, 4.69) is 27.7 Å². The highest BCUT2D eigenvalue weighted by atomic mass is 16.5. The van der Waals surface area contributed by atoms with Crippen LogP contribution >= 0.6 is 0 Å². The number of ether oxygens (including phenoxy) is 1. The highest BCUT2D eigenvalue weighted by Crippen LogP contribution is 2.15. The first-order chi connectivity index (χ1) is 12.8. The van der Waals surface area contributed by atoms with Crippen LogP contribution in [0.4, 0.5) is 0 Å². The molecule has 0 aromatic heterocycles. The van der Waals surface area contributed by atoms with Gasteiger partial charge in [-0.25, -0.2) is 0 Å². The number of nitrogens with zero attached hydrogens (tertiary/aromatic N) is 1. The van der Waals surface area contributed by atoms with Gasteiger partial charge in [0.25, 0.3) is 0 Å². The molecule has 2 unspecified atom stereocenters. The van der Waals surface area contributed by atoms with Crippen molar-refractivity contribution in [2.24, 2.45) is 5.92 Å². The van der Waals surface area contributed by atoms with Gasteiger partial charge in [-0.1, -0.05) is 60.3 Å². The summed E-state index contributed by atoms with van der Waals surface area (Å²) >= 11 is 0. The zero-order chi connectivity index (χ0) is 21.1. The summed E-state index contributed by atoms with van der Waals surface area (Å²) in [5.41, 5.74) is 0. The summed E-state index contributed by atoms with van der Waals surface area (Å²) < 4.78 is 5.96. The van der Waals surface area contributed by atoms with Gasteiger partial charge in [0.05, 0.1) is 32.2 Å². The number of aliphatic hydroxyl groups excluding tert-OH is 1. The Balaban J connectivity index is 0. The molecule has 164 valence electrons. The van der Waals surface area contributed by atoms with Crippen LogP contribution in [0.3, 0.4) is 0 Å². The van der Waals surface area contributed by atoms with E-state index in [-0.39, 0.29) is 18.0 Å². The Morgan fingerprint density at radius 2 is 1.30 bits per heavy atom. The molecule has 4 heteroatoms. The van der Waals surface area contributed by atoms with Gasteiger partial charge in [0.15, 0.2) is 0 Å². The Morgan fingerprint density at radius 3 is 1.59 bits per heavy atom. The molecule has 0 radical (unpaired) electrons. The maximum atomic E-state index is 10.9. The molecule has 0 aliphatic heterocycles. The van der Waals surface area contributed by atoms with Gasteiger partial charge >= 0.3 is 5.97 Å². The highest BCUT2D eigenvalue weighted by Gasteiger charge is 2.27. The van der Waals surface area contributed by atoms with Crippen LogP contribution in [0.25, 0.3) is 0 Å². The minimum atomic E-state index is -0.166. The lowest BCUT2D eigenvalue weighted by molar-refractivity contribution is -0.931. The lowest BCUT2D eigenvalue weighted by Gasteiger charge is -2.40. The van der Waals surface area contributed by atoms with E-state index in [0.29, 0.717) is 6.61 Å². The third kappa shape index (κ3) is 16.1. The van der Waals surface area contributed by atoms with Crippen LogP contribution < -0.4 is 0 Å². The normalized spacial score (nSPS) is 13.5. The number of rotatable bonds is 15. The largest absolute Gasteiger partial charge is 0.466 e. The molecule has 4 nitrogen and oxygen atoms in total. The van der Waals surface area contributed by atoms with Gasteiger partial charge in [0.2, 0.25) is 0 Å². The molecule has 0 aliphatic carbocycles. The molecule has 0 amide bonds. The predicted octanol–water partition coefficient (Wildman–Crippen LogP) is 5.57. The SMILES string of the molecule is CCCC(C)C(=O)OCC.CCCC[N+](CCCC)(CCCC)CC(C)O. The quantitative estimate of drug-likeness (QED) is 0.295. The Kier molecular flexibility index (Phi) is 19.8. The molecular weight excluding hydrogens is 338 g/mol. The Labute approximate surface area is 170 Å². The molecule has 0 heterocycles. The fraction of sp³-hybridized carbons (Fsp3) is 0.957. The Hall–Kier alpha value is -0.610. The van der Waals surface area contributed by atoms with Crippen LogP contribution in [0.2, 0.25) is 0 Å². The van der Waals surface area contributed by atoms with Crippen molar-refractivity contribution in [1.82, 2.24) is 0 Å². The van der Waals surface area contributed by atoms with Gasteiger partial charge in [-0.15, -0.1) is 0 Å². The van der Waals surface area contributed by atoms with Crippen LogP contribution in [0, 0.1) is 5.92 Å². The average Bonchev–Trinajstić information content (AvgIpc) is 2.63. The van der Waals surface area contributed by atoms with Gasteiger partial charge in [-0.2, -0.15) is 0 Å². The molecule has 0 saturated carbocycles. The molecule has 1 N–H and O–H groups in total. The smallest absolute Gasteiger partial charge is 0.308 e. The van der Waals surface area contributed by atoms with Crippen LogP contribution in [0.5, 0.6) is 0 Å². The van der Waals surface area contributed by atoms with Crippen molar-refractivity contribution in [3.63, 3.8) is 0 Å². The molecule has 2 atom stereocenters. The van der Waals surface area contributed by atoms with Crippen LogP contribution in [0.1, 0.15) is 99.8 Å². The number of unbranched alkanes of at least 4 members (excludes halogenated alkanes) is 3. The minimum absolute atomic E-state index is 0.0654. The summed E-state index contributed by atoms with van der Waals surface area (Å²) in [6, 6.07) is 0. The second-order valence-electron chi connectivity index (χ2n) is 8.05. The summed E-state index contributed by atoms with van der Waals surface area (Å²) in [5.74, 6) is 0.00861. The van der Waals surface area contributed by atoms with Crippen molar-refractivity contribution in [1.29, 1.82) is 0 Å². The standard InChI is InChI=1S/C15H34NO.C8H16O2/c1-5-8-11-16(12-9-6-2,13-10-7-3)14-15(4)17;1-4-6-7(3)8(9)10-5-2/h15,17H,5-14H2,1-4H3;7H,4-6H2,1-3H3/q+1;. The maximum Gasteiger partial charge on any atom is 0.308 e. The number of carbonyl (C=O) groups is 1. The van der Waals surface area contributed by atoms with E-state index in [9.17, 15) is 9.90 Å². The van der Waals surface area contributed by atoms with Crippen LogP contribution in [0.15, 0.2) is 0 Å². The van der Waals surface area contributed by atoms with E-state index >= 15 is 0 Å². The second-order valence-corrected chi connectivity index (χ2v) is 8.05. The average molecular weight is 389 g/mol. The zero-order valence-electron chi connectivity index (χ0n) is 19.6. The lowest BCUT2D eigenvalue weighted by atomic mass is 10.1. The van der Waals surface area contributed by atoms with E-state index in [1.165, 1.54) is 58.2 Å².